The summed E-state index contributed by atoms with van der Waals surface area (Å²) in [5, 5.41) is 4.25. The van der Waals surface area contributed by atoms with Crippen LogP contribution in [0.4, 0.5) is 10.2 Å². The standard InChI is InChI=1S/C12H15FN4/c1-9-7-12(16-6-2-3-10(13)8-16)17-11(15-9)4-5-14-17/h4-5,7,10H,2-3,6,8H2,1H3. The zero-order valence-electron chi connectivity index (χ0n) is 9.80. The Balaban J connectivity index is 2.06. The minimum Gasteiger partial charge on any atom is -0.354 e. The Morgan fingerprint density at radius 1 is 1.47 bits per heavy atom. The molecule has 0 saturated carbocycles. The molecular formula is C12H15FN4. The number of hydrogen-bond donors (Lipinski definition) is 0. The summed E-state index contributed by atoms with van der Waals surface area (Å²) in [6.45, 7) is 3.30. The van der Waals surface area contributed by atoms with E-state index >= 15 is 0 Å². The third-order valence-electron chi connectivity index (χ3n) is 3.16. The normalized spacial score (nSPS) is 21.1. The lowest BCUT2D eigenvalue weighted by Gasteiger charge is -2.31. The smallest absolute Gasteiger partial charge is 0.157 e. The molecule has 1 atom stereocenters. The second-order valence-electron chi connectivity index (χ2n) is 4.54. The molecule has 3 rings (SSSR count). The number of aryl methyl sites for hydroxylation is 1. The first-order valence-electron chi connectivity index (χ1n) is 5.94. The van der Waals surface area contributed by atoms with E-state index in [1.54, 1.807) is 10.7 Å². The molecular weight excluding hydrogens is 219 g/mol. The van der Waals surface area contributed by atoms with Crippen LogP contribution in [0.25, 0.3) is 5.65 Å². The minimum absolute atomic E-state index is 0.457. The van der Waals surface area contributed by atoms with Crippen molar-refractivity contribution in [2.75, 3.05) is 18.0 Å². The quantitative estimate of drug-likeness (QED) is 0.756. The first-order chi connectivity index (χ1) is 8.24. The number of anilines is 1. The molecule has 3 heterocycles. The highest BCUT2D eigenvalue weighted by Crippen LogP contribution is 2.22. The van der Waals surface area contributed by atoms with E-state index in [0.717, 1.165) is 30.1 Å². The van der Waals surface area contributed by atoms with Gasteiger partial charge in [0.1, 0.15) is 12.0 Å². The zero-order chi connectivity index (χ0) is 11.8. The number of hydrogen-bond acceptors (Lipinski definition) is 3. The molecule has 1 fully saturated rings. The molecule has 0 N–H and O–H groups in total. The first kappa shape index (κ1) is 10.5. The van der Waals surface area contributed by atoms with Crippen molar-refractivity contribution in [1.29, 1.82) is 0 Å². The molecule has 90 valence electrons. The first-order valence-corrected chi connectivity index (χ1v) is 5.94. The monoisotopic (exact) mass is 234 g/mol. The van der Waals surface area contributed by atoms with Gasteiger partial charge in [0.2, 0.25) is 0 Å². The molecule has 0 radical (unpaired) electrons. The number of fused-ring (bicyclic) bond motifs is 1. The largest absolute Gasteiger partial charge is 0.354 e. The van der Waals surface area contributed by atoms with Gasteiger partial charge >= 0.3 is 0 Å². The third-order valence-corrected chi connectivity index (χ3v) is 3.16. The van der Waals surface area contributed by atoms with Gasteiger partial charge in [0.05, 0.1) is 12.7 Å². The van der Waals surface area contributed by atoms with Crippen LogP contribution >= 0.6 is 0 Å². The van der Waals surface area contributed by atoms with Gasteiger partial charge in [-0.15, -0.1) is 0 Å². The Bertz CT molecular complexity index is 536. The predicted molar refractivity (Wildman–Crippen MR) is 64.1 cm³/mol. The molecule has 17 heavy (non-hydrogen) atoms. The van der Waals surface area contributed by atoms with Gasteiger partial charge in [0.15, 0.2) is 5.65 Å². The number of halogens is 1. The van der Waals surface area contributed by atoms with Crippen molar-refractivity contribution in [3.63, 3.8) is 0 Å². The van der Waals surface area contributed by atoms with Crippen LogP contribution in [0, 0.1) is 6.92 Å². The Labute approximate surface area is 99.1 Å². The second kappa shape index (κ2) is 3.98. The Hall–Kier alpha value is -1.65. The van der Waals surface area contributed by atoms with E-state index in [9.17, 15) is 4.39 Å². The molecule has 0 aromatic carbocycles. The van der Waals surface area contributed by atoms with Gasteiger partial charge in [-0.2, -0.15) is 9.61 Å². The van der Waals surface area contributed by atoms with Crippen molar-refractivity contribution >= 4 is 11.5 Å². The Morgan fingerprint density at radius 2 is 2.35 bits per heavy atom. The van der Waals surface area contributed by atoms with Gasteiger partial charge in [0, 0.05) is 24.4 Å². The second-order valence-corrected chi connectivity index (χ2v) is 4.54. The molecule has 1 aliphatic rings. The maximum atomic E-state index is 13.5. The molecule has 5 heteroatoms. The van der Waals surface area contributed by atoms with Crippen molar-refractivity contribution in [2.24, 2.45) is 0 Å². The number of alkyl halides is 1. The highest BCUT2D eigenvalue weighted by molar-refractivity contribution is 5.50. The van der Waals surface area contributed by atoms with Crippen LogP contribution in [0.1, 0.15) is 18.5 Å². The van der Waals surface area contributed by atoms with E-state index < -0.39 is 6.17 Å². The Kier molecular flexibility index (Phi) is 2.46. The molecule has 1 aliphatic heterocycles. The summed E-state index contributed by atoms with van der Waals surface area (Å²) in [7, 11) is 0. The van der Waals surface area contributed by atoms with Gasteiger partial charge in [-0.3, -0.25) is 0 Å². The SMILES string of the molecule is Cc1cc(N2CCCC(F)C2)n2nccc2n1. The minimum atomic E-state index is -0.733. The fourth-order valence-electron chi connectivity index (χ4n) is 2.38. The maximum Gasteiger partial charge on any atom is 0.157 e. The molecule has 1 unspecified atom stereocenters. The number of nitrogens with zero attached hydrogens (tertiary/aromatic N) is 4. The summed E-state index contributed by atoms with van der Waals surface area (Å²) in [5.41, 5.74) is 1.76. The van der Waals surface area contributed by atoms with E-state index in [2.05, 4.69) is 15.0 Å². The van der Waals surface area contributed by atoms with Crippen molar-refractivity contribution in [3.05, 3.63) is 24.0 Å². The van der Waals surface area contributed by atoms with E-state index in [1.807, 2.05) is 19.1 Å². The average Bonchev–Trinajstić information content (AvgIpc) is 2.75. The lowest BCUT2D eigenvalue weighted by molar-refractivity contribution is 0.285. The van der Waals surface area contributed by atoms with Crippen molar-refractivity contribution in [1.82, 2.24) is 14.6 Å². The predicted octanol–water partition coefficient (Wildman–Crippen LogP) is 1.98. The molecule has 4 nitrogen and oxygen atoms in total. The molecule has 2 aromatic heterocycles. The highest BCUT2D eigenvalue weighted by atomic mass is 19.1. The van der Waals surface area contributed by atoms with Crippen LogP contribution in [0.2, 0.25) is 0 Å². The lowest BCUT2D eigenvalue weighted by Crippen LogP contribution is -2.37. The van der Waals surface area contributed by atoms with Crippen LogP contribution in [0.3, 0.4) is 0 Å². The number of rotatable bonds is 1. The third kappa shape index (κ3) is 1.85. The van der Waals surface area contributed by atoms with Gasteiger partial charge < -0.3 is 4.90 Å². The fourth-order valence-corrected chi connectivity index (χ4v) is 2.38. The van der Waals surface area contributed by atoms with Crippen LogP contribution in [0.15, 0.2) is 18.3 Å². The summed E-state index contributed by atoms with van der Waals surface area (Å²) >= 11 is 0. The van der Waals surface area contributed by atoms with E-state index in [4.69, 9.17) is 0 Å². The topological polar surface area (TPSA) is 33.4 Å². The van der Waals surface area contributed by atoms with Crippen LogP contribution < -0.4 is 4.90 Å². The molecule has 0 aliphatic carbocycles. The van der Waals surface area contributed by atoms with Crippen LogP contribution in [0.5, 0.6) is 0 Å². The summed E-state index contributed by atoms with van der Waals surface area (Å²) < 4.78 is 15.2. The summed E-state index contributed by atoms with van der Waals surface area (Å²) in [5.74, 6) is 0.944. The fraction of sp³-hybridized carbons (Fsp3) is 0.500. The van der Waals surface area contributed by atoms with Gasteiger partial charge in [-0.25, -0.2) is 9.37 Å². The highest BCUT2D eigenvalue weighted by Gasteiger charge is 2.21. The van der Waals surface area contributed by atoms with Gasteiger partial charge in [0.25, 0.3) is 0 Å². The van der Waals surface area contributed by atoms with Gasteiger partial charge in [-0.05, 0) is 19.8 Å². The molecule has 0 spiro atoms. The van der Waals surface area contributed by atoms with Crippen LogP contribution in [-0.2, 0) is 0 Å². The summed E-state index contributed by atoms with van der Waals surface area (Å²) in [4.78, 5) is 6.45. The molecule has 2 aromatic rings. The molecule has 0 amide bonds. The summed E-state index contributed by atoms with van der Waals surface area (Å²) in [6, 6.07) is 3.84. The lowest BCUT2D eigenvalue weighted by atomic mass is 10.1. The number of aromatic nitrogens is 3. The van der Waals surface area contributed by atoms with Crippen LogP contribution in [-0.4, -0.2) is 33.9 Å². The van der Waals surface area contributed by atoms with E-state index in [-0.39, 0.29) is 0 Å². The van der Waals surface area contributed by atoms with Crippen molar-refractivity contribution in [3.8, 4) is 0 Å². The Morgan fingerprint density at radius 3 is 3.18 bits per heavy atom. The van der Waals surface area contributed by atoms with Crippen molar-refractivity contribution < 1.29 is 4.39 Å². The van der Waals surface area contributed by atoms with E-state index in [1.165, 1.54) is 0 Å². The average molecular weight is 234 g/mol. The maximum absolute atomic E-state index is 13.5. The molecule has 1 saturated heterocycles. The van der Waals surface area contributed by atoms with E-state index in [0.29, 0.717) is 13.0 Å². The molecule has 0 bridgehead atoms. The number of piperidine rings is 1. The van der Waals surface area contributed by atoms with Crippen molar-refractivity contribution in [2.45, 2.75) is 25.9 Å². The zero-order valence-corrected chi connectivity index (χ0v) is 9.80. The van der Waals surface area contributed by atoms with Gasteiger partial charge in [-0.1, -0.05) is 0 Å². The summed E-state index contributed by atoms with van der Waals surface area (Å²) in [6.07, 6.45) is 2.55.